The second-order valence-corrected chi connectivity index (χ2v) is 11.2. The lowest BCUT2D eigenvalue weighted by Crippen LogP contribution is -2.54. The van der Waals surface area contributed by atoms with Gasteiger partial charge in [-0.3, -0.25) is 9.59 Å². The van der Waals surface area contributed by atoms with Crippen LogP contribution in [0.15, 0.2) is 60.7 Å². The van der Waals surface area contributed by atoms with Crippen molar-refractivity contribution in [3.05, 3.63) is 71.8 Å². The SMILES string of the molecule is Cc1cc(C(C(=O)Nc2ccc3ccccc3c2)N(C(=O)C(CS)NC(=O)OC(C)(C)C)C2CC2)ccc1O. The zero-order valence-electron chi connectivity index (χ0n) is 22.6. The molecule has 0 aromatic heterocycles. The molecule has 1 aliphatic carbocycles. The number of nitrogens with one attached hydrogen (secondary N) is 2. The number of carbonyl (C=O) groups excluding carboxylic acids is 3. The Morgan fingerprint density at radius 2 is 1.74 bits per heavy atom. The van der Waals surface area contributed by atoms with Crippen molar-refractivity contribution in [1.29, 1.82) is 0 Å². The molecule has 3 aromatic rings. The Kier molecular flexibility index (Phi) is 8.39. The number of phenols is 1. The van der Waals surface area contributed by atoms with Crippen LogP contribution in [-0.2, 0) is 14.3 Å². The van der Waals surface area contributed by atoms with Gasteiger partial charge in [0.15, 0.2) is 0 Å². The average molecular weight is 550 g/mol. The number of fused-ring (bicyclic) bond motifs is 1. The number of anilines is 1. The maximum atomic E-state index is 13.9. The molecule has 0 bridgehead atoms. The van der Waals surface area contributed by atoms with E-state index in [9.17, 15) is 19.5 Å². The molecule has 0 saturated heterocycles. The first-order valence-electron chi connectivity index (χ1n) is 13.0. The summed E-state index contributed by atoms with van der Waals surface area (Å²) in [6, 6.07) is 16.2. The van der Waals surface area contributed by atoms with Crippen LogP contribution in [0.3, 0.4) is 0 Å². The minimum Gasteiger partial charge on any atom is -0.508 e. The quantitative estimate of drug-likeness (QED) is 0.284. The van der Waals surface area contributed by atoms with Crippen molar-refractivity contribution in [3.8, 4) is 5.75 Å². The van der Waals surface area contributed by atoms with Gasteiger partial charge in [-0.15, -0.1) is 0 Å². The first-order chi connectivity index (χ1) is 18.5. The van der Waals surface area contributed by atoms with Crippen molar-refractivity contribution < 1.29 is 24.2 Å². The number of phenolic OH excluding ortho intramolecular Hbond substituents is 1. The molecule has 9 heteroatoms. The van der Waals surface area contributed by atoms with Crippen molar-refractivity contribution in [2.24, 2.45) is 0 Å². The molecule has 206 valence electrons. The van der Waals surface area contributed by atoms with Gasteiger partial charge in [0.25, 0.3) is 5.91 Å². The topological polar surface area (TPSA) is 108 Å². The first kappa shape index (κ1) is 28.3. The van der Waals surface area contributed by atoms with E-state index in [1.165, 1.54) is 6.07 Å². The van der Waals surface area contributed by atoms with Gasteiger partial charge in [-0.25, -0.2) is 4.79 Å². The van der Waals surface area contributed by atoms with Crippen molar-refractivity contribution in [2.45, 2.75) is 64.3 Å². The third-order valence-corrected chi connectivity index (χ3v) is 6.81. The zero-order chi connectivity index (χ0) is 28.3. The van der Waals surface area contributed by atoms with E-state index >= 15 is 0 Å². The summed E-state index contributed by atoms with van der Waals surface area (Å²) in [6.45, 7) is 6.95. The third kappa shape index (κ3) is 7.03. The van der Waals surface area contributed by atoms with Gasteiger partial charge < -0.3 is 25.4 Å². The summed E-state index contributed by atoms with van der Waals surface area (Å²) in [6.07, 6.45) is 0.728. The molecule has 0 radical (unpaired) electrons. The Morgan fingerprint density at radius 3 is 2.36 bits per heavy atom. The standard InChI is InChI=1S/C30H35N3O5S/c1-18-15-21(10-14-25(18)34)26(27(35)31-22-11-9-19-7-5-6-8-20(19)16-22)33(23-12-13-23)28(36)24(17-39)32-29(37)38-30(2,3)4/h5-11,14-16,23-24,26,34,39H,12-13,17H2,1-4H3,(H,31,35)(H,32,37). The maximum Gasteiger partial charge on any atom is 0.408 e. The second kappa shape index (κ2) is 11.6. The summed E-state index contributed by atoms with van der Waals surface area (Å²) in [5, 5.41) is 17.8. The van der Waals surface area contributed by atoms with Gasteiger partial charge in [-0.2, -0.15) is 12.6 Å². The minimum atomic E-state index is -1.00. The molecule has 0 heterocycles. The van der Waals surface area contributed by atoms with Gasteiger partial charge >= 0.3 is 6.09 Å². The molecular formula is C30H35N3O5S. The summed E-state index contributed by atoms with van der Waals surface area (Å²) < 4.78 is 5.35. The van der Waals surface area contributed by atoms with Gasteiger partial charge in [0, 0.05) is 17.5 Å². The fraction of sp³-hybridized carbons (Fsp3) is 0.367. The highest BCUT2D eigenvalue weighted by Crippen LogP contribution is 2.37. The van der Waals surface area contributed by atoms with Crippen LogP contribution >= 0.6 is 12.6 Å². The zero-order valence-corrected chi connectivity index (χ0v) is 23.5. The van der Waals surface area contributed by atoms with E-state index in [4.69, 9.17) is 4.74 Å². The Morgan fingerprint density at radius 1 is 1.05 bits per heavy atom. The number of hydrogen-bond donors (Lipinski definition) is 4. The molecule has 8 nitrogen and oxygen atoms in total. The van der Waals surface area contributed by atoms with Crippen molar-refractivity contribution >= 4 is 47.0 Å². The van der Waals surface area contributed by atoms with E-state index in [1.807, 2.05) is 42.5 Å². The molecule has 1 saturated carbocycles. The third-order valence-electron chi connectivity index (χ3n) is 6.45. The van der Waals surface area contributed by atoms with E-state index in [0.717, 1.165) is 23.6 Å². The minimum absolute atomic E-state index is 0.0227. The van der Waals surface area contributed by atoms with Crippen LogP contribution in [-0.4, -0.2) is 51.4 Å². The molecule has 39 heavy (non-hydrogen) atoms. The monoisotopic (exact) mass is 549 g/mol. The van der Waals surface area contributed by atoms with Crippen LogP contribution < -0.4 is 10.6 Å². The highest BCUT2D eigenvalue weighted by atomic mass is 32.1. The number of benzene rings is 3. The van der Waals surface area contributed by atoms with Gasteiger partial charge in [0.05, 0.1) is 0 Å². The molecule has 0 spiro atoms. The lowest BCUT2D eigenvalue weighted by molar-refractivity contribution is -0.141. The number of nitrogens with zero attached hydrogens (tertiary/aromatic N) is 1. The number of alkyl carbamates (subject to hydrolysis) is 1. The van der Waals surface area contributed by atoms with E-state index in [0.29, 0.717) is 16.8 Å². The first-order valence-corrected chi connectivity index (χ1v) is 13.6. The number of aryl methyl sites for hydroxylation is 1. The number of aromatic hydroxyl groups is 1. The molecule has 3 amide bonds. The molecule has 4 rings (SSSR count). The summed E-state index contributed by atoms with van der Waals surface area (Å²) in [5.41, 5.74) is 0.993. The van der Waals surface area contributed by atoms with Crippen LogP contribution in [0, 0.1) is 6.92 Å². The van der Waals surface area contributed by atoms with Crippen LogP contribution in [0.25, 0.3) is 10.8 Å². The predicted molar refractivity (Wildman–Crippen MR) is 155 cm³/mol. The Bertz CT molecular complexity index is 1380. The molecule has 1 fully saturated rings. The average Bonchev–Trinajstić information content (AvgIpc) is 3.71. The van der Waals surface area contributed by atoms with Crippen molar-refractivity contribution in [1.82, 2.24) is 10.2 Å². The molecule has 2 unspecified atom stereocenters. The van der Waals surface area contributed by atoms with E-state index in [2.05, 4.69) is 23.3 Å². The van der Waals surface area contributed by atoms with Crippen molar-refractivity contribution in [3.63, 3.8) is 0 Å². The lowest BCUT2D eigenvalue weighted by Gasteiger charge is -2.34. The van der Waals surface area contributed by atoms with Gasteiger partial charge in [0.2, 0.25) is 5.91 Å². The summed E-state index contributed by atoms with van der Waals surface area (Å²) in [4.78, 5) is 41.9. The molecule has 0 aliphatic heterocycles. The molecule has 3 aromatic carbocycles. The normalized spacial score (nSPS) is 14.8. The number of amides is 3. The molecule has 3 N–H and O–H groups in total. The molecule has 1 aliphatic rings. The molecule has 2 atom stereocenters. The Balaban J connectivity index is 1.68. The van der Waals surface area contributed by atoms with E-state index in [-0.39, 0.29) is 17.5 Å². The fourth-order valence-electron chi connectivity index (χ4n) is 4.45. The van der Waals surface area contributed by atoms with Crippen molar-refractivity contribution in [2.75, 3.05) is 11.1 Å². The summed E-state index contributed by atoms with van der Waals surface area (Å²) in [7, 11) is 0. The van der Waals surface area contributed by atoms with Crippen LogP contribution in [0.2, 0.25) is 0 Å². The van der Waals surface area contributed by atoms with Crippen LogP contribution in [0.4, 0.5) is 10.5 Å². The number of hydrogen-bond acceptors (Lipinski definition) is 6. The highest BCUT2D eigenvalue weighted by molar-refractivity contribution is 7.80. The fourth-order valence-corrected chi connectivity index (χ4v) is 4.70. The maximum absolute atomic E-state index is 13.9. The second-order valence-electron chi connectivity index (χ2n) is 10.9. The van der Waals surface area contributed by atoms with Gasteiger partial charge in [-0.05, 0) is 86.7 Å². The van der Waals surface area contributed by atoms with Gasteiger partial charge in [0.1, 0.15) is 23.4 Å². The van der Waals surface area contributed by atoms with E-state index in [1.54, 1.807) is 44.7 Å². The number of rotatable bonds is 8. The molecular weight excluding hydrogens is 514 g/mol. The summed E-state index contributed by atoms with van der Waals surface area (Å²) >= 11 is 4.32. The van der Waals surface area contributed by atoms with E-state index < -0.39 is 35.6 Å². The lowest BCUT2D eigenvalue weighted by atomic mass is 10.00. The van der Waals surface area contributed by atoms with Crippen LogP contribution in [0.5, 0.6) is 5.75 Å². The number of carbonyl (C=O) groups is 3. The summed E-state index contributed by atoms with van der Waals surface area (Å²) in [5.74, 6) is -0.709. The predicted octanol–water partition coefficient (Wildman–Crippen LogP) is 5.35. The highest BCUT2D eigenvalue weighted by Gasteiger charge is 2.44. The number of thiol groups is 1. The van der Waals surface area contributed by atoms with Gasteiger partial charge in [-0.1, -0.05) is 36.4 Å². The Hall–Kier alpha value is -3.72. The largest absolute Gasteiger partial charge is 0.508 e. The number of ether oxygens (including phenoxy) is 1. The van der Waals surface area contributed by atoms with Crippen LogP contribution in [0.1, 0.15) is 50.8 Å². The smallest absolute Gasteiger partial charge is 0.408 e. The Labute approximate surface area is 234 Å².